The second kappa shape index (κ2) is 5.64. The standard InChI is InChI=1S/C18H19N3O/c1-12-6-13(2)8-15(7-12)18(22)19-10-14-4-5-17-16(9-14)20-11-21(17)3/h4-9,11H,10H2,1-3H3,(H,19,22). The number of carbonyl (C=O) groups is 1. The molecule has 0 atom stereocenters. The van der Waals surface area contributed by atoms with Crippen molar-refractivity contribution in [3.05, 3.63) is 65.0 Å². The normalized spacial score (nSPS) is 10.9. The molecule has 0 unspecified atom stereocenters. The molecule has 1 heterocycles. The maximum atomic E-state index is 12.3. The molecule has 4 nitrogen and oxygen atoms in total. The van der Waals surface area contributed by atoms with E-state index in [4.69, 9.17) is 0 Å². The third-order valence-corrected chi connectivity index (χ3v) is 3.73. The summed E-state index contributed by atoms with van der Waals surface area (Å²) < 4.78 is 1.98. The lowest BCUT2D eigenvalue weighted by Crippen LogP contribution is -2.22. The van der Waals surface area contributed by atoms with Gasteiger partial charge in [-0.05, 0) is 43.7 Å². The lowest BCUT2D eigenvalue weighted by Gasteiger charge is -2.07. The molecule has 0 saturated carbocycles. The maximum Gasteiger partial charge on any atom is 0.251 e. The second-order valence-electron chi connectivity index (χ2n) is 5.74. The third kappa shape index (κ3) is 2.86. The van der Waals surface area contributed by atoms with Crippen LogP contribution in [0.5, 0.6) is 0 Å². The predicted octanol–water partition coefficient (Wildman–Crippen LogP) is 3.12. The van der Waals surface area contributed by atoms with Gasteiger partial charge in [-0.15, -0.1) is 0 Å². The Hall–Kier alpha value is -2.62. The maximum absolute atomic E-state index is 12.3. The molecule has 3 rings (SSSR count). The molecule has 1 aromatic heterocycles. The van der Waals surface area contributed by atoms with E-state index in [1.54, 1.807) is 6.33 Å². The summed E-state index contributed by atoms with van der Waals surface area (Å²) in [6.07, 6.45) is 1.79. The van der Waals surface area contributed by atoms with Crippen molar-refractivity contribution < 1.29 is 4.79 Å². The van der Waals surface area contributed by atoms with Crippen LogP contribution in [-0.2, 0) is 13.6 Å². The van der Waals surface area contributed by atoms with Gasteiger partial charge in [0.2, 0.25) is 0 Å². The molecule has 112 valence electrons. The van der Waals surface area contributed by atoms with Gasteiger partial charge >= 0.3 is 0 Å². The van der Waals surface area contributed by atoms with E-state index < -0.39 is 0 Å². The number of nitrogens with one attached hydrogen (secondary N) is 1. The number of benzene rings is 2. The second-order valence-corrected chi connectivity index (χ2v) is 5.74. The number of hydrogen-bond donors (Lipinski definition) is 1. The molecular formula is C18H19N3O. The van der Waals surface area contributed by atoms with Crippen LogP contribution in [0.1, 0.15) is 27.0 Å². The van der Waals surface area contributed by atoms with Crippen molar-refractivity contribution in [1.82, 2.24) is 14.9 Å². The van der Waals surface area contributed by atoms with E-state index >= 15 is 0 Å². The number of fused-ring (bicyclic) bond motifs is 1. The van der Waals surface area contributed by atoms with Crippen molar-refractivity contribution in [3.63, 3.8) is 0 Å². The first-order chi connectivity index (χ1) is 10.5. The van der Waals surface area contributed by atoms with Crippen molar-refractivity contribution in [2.24, 2.45) is 7.05 Å². The predicted molar refractivity (Wildman–Crippen MR) is 87.8 cm³/mol. The van der Waals surface area contributed by atoms with Crippen molar-refractivity contribution in [1.29, 1.82) is 0 Å². The minimum absolute atomic E-state index is 0.0482. The molecule has 0 radical (unpaired) electrons. The number of imidazole rings is 1. The number of rotatable bonds is 3. The monoisotopic (exact) mass is 293 g/mol. The Bertz CT molecular complexity index is 828. The molecule has 2 aromatic carbocycles. The first-order valence-corrected chi connectivity index (χ1v) is 7.29. The highest BCUT2D eigenvalue weighted by Crippen LogP contribution is 2.14. The summed E-state index contributed by atoms with van der Waals surface area (Å²) >= 11 is 0. The fourth-order valence-corrected chi connectivity index (χ4v) is 2.68. The minimum Gasteiger partial charge on any atom is -0.348 e. The molecule has 0 spiro atoms. The zero-order valence-electron chi connectivity index (χ0n) is 13.1. The van der Waals surface area contributed by atoms with Gasteiger partial charge in [0.1, 0.15) is 0 Å². The molecule has 0 fully saturated rings. The lowest BCUT2D eigenvalue weighted by molar-refractivity contribution is 0.0950. The van der Waals surface area contributed by atoms with Crippen LogP contribution in [0.2, 0.25) is 0 Å². The fraction of sp³-hybridized carbons (Fsp3) is 0.222. The van der Waals surface area contributed by atoms with Gasteiger partial charge in [0.15, 0.2) is 0 Å². The molecule has 22 heavy (non-hydrogen) atoms. The summed E-state index contributed by atoms with van der Waals surface area (Å²) in [5.41, 5.74) is 5.98. The Morgan fingerprint density at radius 1 is 1.14 bits per heavy atom. The zero-order valence-corrected chi connectivity index (χ0v) is 13.1. The smallest absolute Gasteiger partial charge is 0.251 e. The molecule has 0 saturated heterocycles. The van der Waals surface area contributed by atoms with E-state index in [9.17, 15) is 4.79 Å². The van der Waals surface area contributed by atoms with Crippen molar-refractivity contribution in [2.45, 2.75) is 20.4 Å². The van der Waals surface area contributed by atoms with Gasteiger partial charge in [-0.3, -0.25) is 4.79 Å². The van der Waals surface area contributed by atoms with Crippen LogP contribution in [0.25, 0.3) is 11.0 Å². The van der Waals surface area contributed by atoms with Gasteiger partial charge in [-0.25, -0.2) is 4.98 Å². The van der Waals surface area contributed by atoms with E-state index in [0.29, 0.717) is 12.1 Å². The van der Waals surface area contributed by atoms with Crippen molar-refractivity contribution in [2.75, 3.05) is 0 Å². The number of amides is 1. The number of aromatic nitrogens is 2. The van der Waals surface area contributed by atoms with Gasteiger partial charge in [0, 0.05) is 19.2 Å². The summed E-state index contributed by atoms with van der Waals surface area (Å²) in [5, 5.41) is 2.97. The summed E-state index contributed by atoms with van der Waals surface area (Å²) in [5.74, 6) is -0.0482. The SMILES string of the molecule is Cc1cc(C)cc(C(=O)NCc2ccc3c(c2)ncn3C)c1. The summed E-state index contributed by atoms with van der Waals surface area (Å²) in [6.45, 7) is 4.50. The van der Waals surface area contributed by atoms with Gasteiger partial charge < -0.3 is 9.88 Å². The van der Waals surface area contributed by atoms with E-state index in [0.717, 1.165) is 27.7 Å². The van der Waals surface area contributed by atoms with Gasteiger partial charge in [-0.2, -0.15) is 0 Å². The molecule has 1 N–H and O–H groups in total. The average Bonchev–Trinajstić information content (AvgIpc) is 2.85. The Morgan fingerprint density at radius 3 is 2.59 bits per heavy atom. The van der Waals surface area contributed by atoms with Gasteiger partial charge in [0.25, 0.3) is 5.91 Å². The third-order valence-electron chi connectivity index (χ3n) is 3.73. The van der Waals surface area contributed by atoms with Crippen molar-refractivity contribution >= 4 is 16.9 Å². The highest BCUT2D eigenvalue weighted by Gasteiger charge is 2.07. The van der Waals surface area contributed by atoms with E-state index in [1.165, 1.54) is 0 Å². The Kier molecular flexibility index (Phi) is 3.67. The van der Waals surface area contributed by atoms with Crippen LogP contribution in [0, 0.1) is 13.8 Å². The molecule has 3 aromatic rings. The zero-order chi connectivity index (χ0) is 15.7. The van der Waals surface area contributed by atoms with Gasteiger partial charge in [0.05, 0.1) is 17.4 Å². The molecule has 0 aliphatic heterocycles. The van der Waals surface area contributed by atoms with E-state index in [-0.39, 0.29) is 5.91 Å². The average molecular weight is 293 g/mol. The first-order valence-electron chi connectivity index (χ1n) is 7.29. The van der Waals surface area contributed by atoms with Crippen LogP contribution in [-0.4, -0.2) is 15.5 Å². The quantitative estimate of drug-likeness (QED) is 0.806. The minimum atomic E-state index is -0.0482. The molecule has 0 aliphatic carbocycles. The molecular weight excluding hydrogens is 274 g/mol. The molecule has 4 heteroatoms. The van der Waals surface area contributed by atoms with Crippen LogP contribution in [0.3, 0.4) is 0 Å². The van der Waals surface area contributed by atoms with Gasteiger partial charge in [-0.1, -0.05) is 23.3 Å². The van der Waals surface area contributed by atoms with E-state index in [2.05, 4.69) is 16.4 Å². The number of aryl methyl sites for hydroxylation is 3. The highest BCUT2D eigenvalue weighted by atomic mass is 16.1. The van der Waals surface area contributed by atoms with E-state index in [1.807, 2.05) is 55.8 Å². The first kappa shape index (κ1) is 14.3. The molecule has 0 aliphatic rings. The summed E-state index contributed by atoms with van der Waals surface area (Å²) in [7, 11) is 1.97. The molecule has 0 bridgehead atoms. The summed E-state index contributed by atoms with van der Waals surface area (Å²) in [6, 6.07) is 11.9. The van der Waals surface area contributed by atoms with Crippen molar-refractivity contribution in [3.8, 4) is 0 Å². The van der Waals surface area contributed by atoms with Crippen LogP contribution >= 0.6 is 0 Å². The number of hydrogen-bond acceptors (Lipinski definition) is 2. The number of nitrogens with zero attached hydrogens (tertiary/aromatic N) is 2. The van der Waals surface area contributed by atoms with Crippen LogP contribution in [0.4, 0.5) is 0 Å². The van der Waals surface area contributed by atoms with Crippen LogP contribution in [0.15, 0.2) is 42.7 Å². The topological polar surface area (TPSA) is 46.9 Å². The molecule has 1 amide bonds. The lowest BCUT2D eigenvalue weighted by atomic mass is 10.1. The Morgan fingerprint density at radius 2 is 1.86 bits per heavy atom. The Balaban J connectivity index is 1.74. The van der Waals surface area contributed by atoms with Crippen LogP contribution < -0.4 is 5.32 Å². The summed E-state index contributed by atoms with van der Waals surface area (Å²) in [4.78, 5) is 16.6. The Labute approximate surface area is 129 Å². The largest absolute Gasteiger partial charge is 0.348 e. The fourth-order valence-electron chi connectivity index (χ4n) is 2.68. The number of carbonyl (C=O) groups excluding carboxylic acids is 1. The highest BCUT2D eigenvalue weighted by molar-refractivity contribution is 5.94.